The van der Waals surface area contributed by atoms with E-state index in [4.69, 9.17) is 4.74 Å². The molecule has 1 saturated carbocycles. The Morgan fingerprint density at radius 1 is 1.17 bits per heavy atom. The number of aliphatic hydroxyl groups is 1. The van der Waals surface area contributed by atoms with E-state index in [1.165, 1.54) is 31.2 Å². The molecule has 1 aromatic carbocycles. The highest BCUT2D eigenvalue weighted by atomic mass is 16.5. The molecule has 0 radical (unpaired) electrons. The number of hydrogen-bond acceptors (Lipinski definition) is 5. The fraction of sp³-hybridized carbons (Fsp3) is 0.556. The lowest BCUT2D eigenvalue weighted by Gasteiger charge is -2.27. The molecule has 2 heterocycles. The maximum Gasteiger partial charge on any atom is 0.158 e. The molecule has 0 bridgehead atoms. The van der Waals surface area contributed by atoms with Gasteiger partial charge in [-0.25, -0.2) is 0 Å². The second-order valence-electron chi connectivity index (χ2n) is 6.72. The largest absolute Gasteiger partial charge is 0.490 e. The van der Waals surface area contributed by atoms with Crippen LogP contribution >= 0.6 is 0 Å². The molecule has 2 aromatic rings. The molecule has 1 N–H and O–H groups in total. The SMILES string of the molecule is OCc1nnc2n1CCN(Cc1cccc(OC3CCCC3)c1)C2. The van der Waals surface area contributed by atoms with E-state index >= 15 is 0 Å². The molecule has 24 heavy (non-hydrogen) atoms. The lowest BCUT2D eigenvalue weighted by Crippen LogP contribution is -2.34. The molecule has 0 unspecified atom stereocenters. The number of aliphatic hydroxyl groups excluding tert-OH is 1. The molecule has 1 fully saturated rings. The van der Waals surface area contributed by atoms with E-state index in [9.17, 15) is 5.11 Å². The zero-order chi connectivity index (χ0) is 16.4. The summed E-state index contributed by atoms with van der Waals surface area (Å²) < 4.78 is 8.13. The van der Waals surface area contributed by atoms with Gasteiger partial charge >= 0.3 is 0 Å². The Kier molecular flexibility index (Phi) is 4.49. The van der Waals surface area contributed by atoms with Crippen molar-refractivity contribution in [2.24, 2.45) is 0 Å². The Balaban J connectivity index is 1.40. The predicted octanol–water partition coefficient (Wildman–Crippen LogP) is 2.11. The van der Waals surface area contributed by atoms with E-state index in [2.05, 4.69) is 39.4 Å². The lowest BCUT2D eigenvalue weighted by atomic mass is 10.2. The first kappa shape index (κ1) is 15.6. The van der Waals surface area contributed by atoms with Crippen LogP contribution in [0, 0.1) is 0 Å². The fourth-order valence-electron chi connectivity index (χ4n) is 3.69. The number of aromatic nitrogens is 3. The number of rotatable bonds is 5. The second-order valence-corrected chi connectivity index (χ2v) is 6.72. The van der Waals surface area contributed by atoms with Crippen molar-refractivity contribution in [1.82, 2.24) is 19.7 Å². The summed E-state index contributed by atoms with van der Waals surface area (Å²) in [7, 11) is 0. The molecule has 6 heteroatoms. The maximum atomic E-state index is 9.28. The molecular formula is C18H24N4O2. The van der Waals surface area contributed by atoms with Gasteiger partial charge in [-0.2, -0.15) is 0 Å². The summed E-state index contributed by atoms with van der Waals surface area (Å²) in [4.78, 5) is 2.36. The topological polar surface area (TPSA) is 63.4 Å². The summed E-state index contributed by atoms with van der Waals surface area (Å²) in [5.74, 6) is 2.59. The highest BCUT2D eigenvalue weighted by Crippen LogP contribution is 2.25. The van der Waals surface area contributed by atoms with Crippen molar-refractivity contribution in [3.63, 3.8) is 0 Å². The van der Waals surface area contributed by atoms with Gasteiger partial charge in [-0.3, -0.25) is 4.90 Å². The second kappa shape index (κ2) is 6.91. The molecule has 0 atom stereocenters. The van der Waals surface area contributed by atoms with Crippen LogP contribution < -0.4 is 4.74 Å². The van der Waals surface area contributed by atoms with Crippen LogP contribution in [0.1, 0.15) is 42.9 Å². The standard InChI is InChI=1S/C18H24N4O2/c23-13-18-20-19-17-12-21(8-9-22(17)18)11-14-4-3-7-16(10-14)24-15-5-1-2-6-15/h3-4,7,10,15,23H,1-2,5-6,8-9,11-13H2. The molecule has 1 aliphatic carbocycles. The summed E-state index contributed by atoms with van der Waals surface area (Å²) in [6, 6.07) is 8.45. The van der Waals surface area contributed by atoms with E-state index in [1.54, 1.807) is 0 Å². The van der Waals surface area contributed by atoms with Crippen LogP contribution in [-0.4, -0.2) is 37.4 Å². The Morgan fingerprint density at radius 2 is 2.04 bits per heavy atom. The molecule has 1 aromatic heterocycles. The van der Waals surface area contributed by atoms with Crippen molar-refractivity contribution in [2.45, 2.75) is 58.0 Å². The van der Waals surface area contributed by atoms with Gasteiger partial charge in [-0.15, -0.1) is 10.2 Å². The van der Waals surface area contributed by atoms with Crippen molar-refractivity contribution in [3.8, 4) is 5.75 Å². The molecule has 2 aliphatic rings. The Morgan fingerprint density at radius 3 is 2.88 bits per heavy atom. The van der Waals surface area contributed by atoms with Crippen molar-refractivity contribution in [2.75, 3.05) is 6.54 Å². The monoisotopic (exact) mass is 328 g/mol. The third kappa shape index (κ3) is 3.30. The highest BCUT2D eigenvalue weighted by molar-refractivity contribution is 5.29. The Hall–Kier alpha value is -1.92. The van der Waals surface area contributed by atoms with Crippen LogP contribution in [0.25, 0.3) is 0 Å². The number of benzene rings is 1. The van der Waals surface area contributed by atoms with Crippen molar-refractivity contribution >= 4 is 0 Å². The minimum Gasteiger partial charge on any atom is -0.490 e. The first-order valence-corrected chi connectivity index (χ1v) is 8.81. The maximum absolute atomic E-state index is 9.28. The van der Waals surface area contributed by atoms with Gasteiger partial charge in [0.05, 0.1) is 12.6 Å². The Bertz CT molecular complexity index is 694. The highest BCUT2D eigenvalue weighted by Gasteiger charge is 2.21. The van der Waals surface area contributed by atoms with E-state index < -0.39 is 0 Å². The van der Waals surface area contributed by atoms with Gasteiger partial charge in [-0.05, 0) is 43.4 Å². The zero-order valence-electron chi connectivity index (χ0n) is 13.9. The van der Waals surface area contributed by atoms with Crippen molar-refractivity contribution in [1.29, 1.82) is 0 Å². The van der Waals surface area contributed by atoms with Gasteiger partial charge in [0.2, 0.25) is 0 Å². The quantitative estimate of drug-likeness (QED) is 0.911. The van der Waals surface area contributed by atoms with Crippen molar-refractivity contribution in [3.05, 3.63) is 41.5 Å². The van der Waals surface area contributed by atoms with Crippen LogP contribution in [0.15, 0.2) is 24.3 Å². The summed E-state index contributed by atoms with van der Waals surface area (Å²) in [5, 5.41) is 17.5. The van der Waals surface area contributed by atoms with E-state index in [0.717, 1.165) is 37.8 Å². The summed E-state index contributed by atoms with van der Waals surface area (Å²) in [5.41, 5.74) is 1.26. The third-order valence-corrected chi connectivity index (χ3v) is 4.96. The Labute approximate surface area is 142 Å². The van der Waals surface area contributed by atoms with Crippen molar-refractivity contribution < 1.29 is 9.84 Å². The molecular weight excluding hydrogens is 304 g/mol. The van der Waals surface area contributed by atoms with Gasteiger partial charge in [0.25, 0.3) is 0 Å². The van der Waals surface area contributed by atoms with Crippen LogP contribution in [-0.2, 0) is 26.2 Å². The van der Waals surface area contributed by atoms with Crippen LogP contribution in [0.3, 0.4) is 0 Å². The van der Waals surface area contributed by atoms with E-state index in [1.807, 2.05) is 4.57 Å². The number of fused-ring (bicyclic) bond motifs is 1. The number of nitrogens with zero attached hydrogens (tertiary/aromatic N) is 4. The lowest BCUT2D eigenvalue weighted by molar-refractivity contribution is 0.197. The average Bonchev–Trinajstić information content (AvgIpc) is 3.24. The van der Waals surface area contributed by atoms with Gasteiger partial charge in [0, 0.05) is 19.6 Å². The minimum atomic E-state index is -0.0481. The van der Waals surface area contributed by atoms with Crippen LogP contribution in [0.4, 0.5) is 0 Å². The molecule has 0 spiro atoms. The number of ether oxygens (including phenoxy) is 1. The molecule has 1 aliphatic heterocycles. The summed E-state index contributed by atoms with van der Waals surface area (Å²) in [6.45, 7) is 3.36. The van der Waals surface area contributed by atoms with Gasteiger partial charge in [0.1, 0.15) is 18.2 Å². The average molecular weight is 328 g/mol. The van der Waals surface area contributed by atoms with Gasteiger partial charge in [-0.1, -0.05) is 12.1 Å². The fourth-order valence-corrected chi connectivity index (χ4v) is 3.69. The third-order valence-electron chi connectivity index (χ3n) is 4.96. The molecule has 0 saturated heterocycles. The summed E-state index contributed by atoms with van der Waals surface area (Å²) >= 11 is 0. The molecule has 128 valence electrons. The van der Waals surface area contributed by atoms with E-state index in [-0.39, 0.29) is 6.61 Å². The smallest absolute Gasteiger partial charge is 0.158 e. The minimum absolute atomic E-state index is 0.0481. The van der Waals surface area contributed by atoms with E-state index in [0.29, 0.717) is 11.9 Å². The first-order valence-electron chi connectivity index (χ1n) is 8.81. The molecule has 4 rings (SSSR count). The normalized spacial score (nSPS) is 18.7. The predicted molar refractivity (Wildman–Crippen MR) is 89.4 cm³/mol. The zero-order valence-corrected chi connectivity index (χ0v) is 13.9. The molecule has 6 nitrogen and oxygen atoms in total. The van der Waals surface area contributed by atoms with Crippen LogP contribution in [0.2, 0.25) is 0 Å². The molecule has 0 amide bonds. The van der Waals surface area contributed by atoms with Crippen LogP contribution in [0.5, 0.6) is 5.75 Å². The summed E-state index contributed by atoms with van der Waals surface area (Å²) in [6.07, 6.45) is 5.33. The van der Waals surface area contributed by atoms with Gasteiger partial charge < -0.3 is 14.4 Å². The van der Waals surface area contributed by atoms with Gasteiger partial charge in [0.15, 0.2) is 5.82 Å². The first-order chi connectivity index (χ1) is 11.8. The number of hydrogen-bond donors (Lipinski definition) is 1.